The molecule has 168 valence electrons. The summed E-state index contributed by atoms with van der Waals surface area (Å²) >= 11 is 7.02. The lowest BCUT2D eigenvalue weighted by Gasteiger charge is -2.44. The fourth-order valence-electron chi connectivity index (χ4n) is 5.62. The van der Waals surface area contributed by atoms with E-state index in [1.165, 1.54) is 4.90 Å². The molecule has 1 aromatic carbocycles. The van der Waals surface area contributed by atoms with Crippen LogP contribution in [0.3, 0.4) is 0 Å². The molecule has 0 aromatic heterocycles. The van der Waals surface area contributed by atoms with Gasteiger partial charge in [-0.15, -0.1) is 0 Å². The number of Topliss-reactive ketones (excluding diaryl/α,β-unsaturated/α-hetero) is 1. The van der Waals surface area contributed by atoms with E-state index in [-0.39, 0.29) is 28.6 Å². The van der Waals surface area contributed by atoms with Gasteiger partial charge in [-0.3, -0.25) is 9.59 Å². The number of likely N-dealkylation sites (N-methyl/N-ethyl adjacent to an activating group) is 1. The summed E-state index contributed by atoms with van der Waals surface area (Å²) < 4.78 is 5.96. The highest BCUT2D eigenvalue weighted by molar-refractivity contribution is 9.09. The summed E-state index contributed by atoms with van der Waals surface area (Å²) in [5.74, 6) is -0.112. The smallest absolute Gasteiger partial charge is 0.247 e. The van der Waals surface area contributed by atoms with Crippen molar-refractivity contribution in [2.24, 2.45) is 11.1 Å². The van der Waals surface area contributed by atoms with Crippen molar-refractivity contribution >= 4 is 49.2 Å². The molecule has 0 saturated carbocycles. The van der Waals surface area contributed by atoms with Crippen LogP contribution in [-0.2, 0) is 19.7 Å². The number of carbonyl (C=O) groups excluding carboxylic acids is 2. The Bertz CT molecular complexity index is 1080. The first-order valence-electron chi connectivity index (χ1n) is 10.7. The van der Waals surface area contributed by atoms with Crippen LogP contribution in [0.25, 0.3) is 0 Å². The number of allylic oxidation sites excluding steroid dienone is 1. The molecule has 0 saturated heterocycles. The summed E-state index contributed by atoms with van der Waals surface area (Å²) in [6, 6.07) is 9.39. The molecule has 1 spiro atoms. The van der Waals surface area contributed by atoms with Crippen molar-refractivity contribution in [3.63, 3.8) is 0 Å². The molecule has 0 bridgehead atoms. The number of anilines is 1. The maximum absolute atomic E-state index is 13.9. The summed E-state index contributed by atoms with van der Waals surface area (Å²) in [7, 11) is 1.67. The second-order valence-corrected chi connectivity index (χ2v) is 10.3. The Morgan fingerprint density at radius 3 is 2.44 bits per heavy atom. The van der Waals surface area contributed by atoms with Gasteiger partial charge in [0.25, 0.3) is 0 Å². The third kappa shape index (κ3) is 3.24. The van der Waals surface area contributed by atoms with Gasteiger partial charge in [0.15, 0.2) is 5.78 Å². The molecule has 1 aromatic rings. The lowest BCUT2D eigenvalue weighted by Crippen LogP contribution is -2.50. The first-order chi connectivity index (χ1) is 15.4. The van der Waals surface area contributed by atoms with Crippen LogP contribution >= 0.6 is 31.9 Å². The highest BCUT2D eigenvalue weighted by Crippen LogP contribution is 2.58. The van der Waals surface area contributed by atoms with Crippen molar-refractivity contribution < 1.29 is 14.3 Å². The van der Waals surface area contributed by atoms with E-state index in [9.17, 15) is 14.9 Å². The number of nitrogens with zero attached hydrogens (tertiary/aromatic N) is 2. The van der Waals surface area contributed by atoms with Gasteiger partial charge in [0, 0.05) is 41.8 Å². The van der Waals surface area contributed by atoms with Gasteiger partial charge in [-0.25, -0.2) is 0 Å². The third-order valence-corrected chi connectivity index (χ3v) is 8.07. The normalized spacial score (nSPS) is 23.9. The van der Waals surface area contributed by atoms with Gasteiger partial charge in [0.1, 0.15) is 22.8 Å². The largest absolute Gasteiger partial charge is 0.444 e. The quantitative estimate of drug-likeness (QED) is 0.512. The topological polar surface area (TPSA) is 96.4 Å². The van der Waals surface area contributed by atoms with Gasteiger partial charge in [-0.1, -0.05) is 50.1 Å². The van der Waals surface area contributed by atoms with Crippen molar-refractivity contribution in [3.8, 4) is 6.07 Å². The van der Waals surface area contributed by atoms with Crippen molar-refractivity contribution in [1.82, 2.24) is 0 Å². The van der Waals surface area contributed by atoms with Crippen LogP contribution in [0.1, 0.15) is 44.1 Å². The van der Waals surface area contributed by atoms with Crippen molar-refractivity contribution in [3.05, 3.63) is 52.6 Å². The number of hydrogen-bond acceptors (Lipinski definition) is 5. The first kappa shape index (κ1) is 23.1. The molecule has 1 amide bonds. The fourth-order valence-corrected chi connectivity index (χ4v) is 6.18. The van der Waals surface area contributed by atoms with Gasteiger partial charge >= 0.3 is 0 Å². The van der Waals surface area contributed by atoms with E-state index >= 15 is 0 Å². The van der Waals surface area contributed by atoms with E-state index in [4.69, 9.17) is 10.5 Å². The zero-order valence-corrected chi connectivity index (χ0v) is 21.1. The molecule has 1 aliphatic carbocycles. The lowest BCUT2D eigenvalue weighted by molar-refractivity contribution is -0.126. The number of ketones is 1. The van der Waals surface area contributed by atoms with E-state index in [1.807, 2.05) is 24.3 Å². The van der Waals surface area contributed by atoms with Crippen molar-refractivity contribution in [2.75, 3.05) is 22.6 Å². The van der Waals surface area contributed by atoms with Crippen LogP contribution < -0.4 is 10.6 Å². The molecule has 2 heterocycles. The minimum Gasteiger partial charge on any atom is -0.444 e. The lowest BCUT2D eigenvalue weighted by atomic mass is 9.60. The first-order valence-corrected chi connectivity index (χ1v) is 12.9. The summed E-state index contributed by atoms with van der Waals surface area (Å²) in [5.41, 5.74) is 6.05. The summed E-state index contributed by atoms with van der Waals surface area (Å²) in [6.07, 6.45) is 4.45. The zero-order valence-electron chi connectivity index (χ0n) is 17.9. The summed E-state index contributed by atoms with van der Waals surface area (Å²) in [5, 5.41) is 11.8. The van der Waals surface area contributed by atoms with E-state index in [2.05, 4.69) is 37.9 Å². The minimum atomic E-state index is -1.54. The third-order valence-electron chi connectivity index (χ3n) is 6.95. The number of halogens is 2. The fraction of sp³-hybridized carbons (Fsp3) is 0.458. The number of carbonyl (C=O) groups is 2. The summed E-state index contributed by atoms with van der Waals surface area (Å²) in [4.78, 5) is 29.2. The van der Waals surface area contributed by atoms with Crippen LogP contribution in [0.4, 0.5) is 5.69 Å². The molecule has 8 heteroatoms. The van der Waals surface area contributed by atoms with Gasteiger partial charge in [-0.2, -0.15) is 5.26 Å². The Balaban J connectivity index is 1.94. The predicted octanol–water partition coefficient (Wildman–Crippen LogP) is 4.58. The Labute approximate surface area is 204 Å². The van der Waals surface area contributed by atoms with Crippen molar-refractivity contribution in [2.45, 2.75) is 43.9 Å². The molecule has 4 rings (SSSR count). The molecule has 0 radical (unpaired) electrons. The molecule has 1 atom stereocenters. The number of nitriles is 1. The number of amides is 1. The van der Waals surface area contributed by atoms with Crippen LogP contribution in [0.15, 0.2) is 47.1 Å². The molecule has 2 aliphatic heterocycles. The van der Waals surface area contributed by atoms with Crippen LogP contribution in [0.5, 0.6) is 0 Å². The average Bonchev–Trinajstić information content (AvgIpc) is 2.99. The van der Waals surface area contributed by atoms with Crippen molar-refractivity contribution in [1.29, 1.82) is 5.26 Å². The maximum atomic E-state index is 13.9. The molecule has 1 unspecified atom stereocenters. The highest BCUT2D eigenvalue weighted by atomic mass is 79.9. The van der Waals surface area contributed by atoms with Crippen LogP contribution in [0, 0.1) is 16.7 Å². The average molecular weight is 563 g/mol. The number of para-hydroxylation sites is 1. The monoisotopic (exact) mass is 561 g/mol. The zero-order chi connectivity index (χ0) is 23.1. The molecule has 0 fully saturated rings. The molecule has 32 heavy (non-hydrogen) atoms. The predicted molar refractivity (Wildman–Crippen MR) is 129 cm³/mol. The summed E-state index contributed by atoms with van der Waals surface area (Å²) in [6.45, 7) is 0. The molecule has 3 aliphatic rings. The molecule has 6 nitrogen and oxygen atoms in total. The van der Waals surface area contributed by atoms with Gasteiger partial charge in [0.2, 0.25) is 11.8 Å². The van der Waals surface area contributed by atoms with Gasteiger partial charge < -0.3 is 15.4 Å². The Morgan fingerprint density at radius 2 is 1.81 bits per heavy atom. The number of fused-ring (bicyclic) bond motifs is 3. The highest BCUT2D eigenvalue weighted by Gasteiger charge is 2.62. The van der Waals surface area contributed by atoms with Crippen LogP contribution in [-0.4, -0.2) is 29.4 Å². The number of rotatable bonds is 6. The Kier molecular flexibility index (Phi) is 6.25. The number of hydrogen-bond donors (Lipinski definition) is 1. The molecular weight excluding hydrogens is 538 g/mol. The molecule has 2 N–H and O–H groups in total. The van der Waals surface area contributed by atoms with E-state index in [0.29, 0.717) is 35.4 Å². The second kappa shape index (κ2) is 8.68. The number of benzene rings is 1. The SMILES string of the molecule is CN1C(=O)C2(C(C#N)=C(N)OC3=C2C(=O)CC(CCCBr)(CCCBr)C3)c2ccccc21. The van der Waals surface area contributed by atoms with E-state index < -0.39 is 5.41 Å². The number of ether oxygens (including phenoxy) is 1. The Hall–Kier alpha value is -2.11. The van der Waals surface area contributed by atoms with E-state index in [0.717, 1.165) is 36.3 Å². The standard InChI is InChI=1S/C24H25Br2N3O3/c1-29-17-7-3-2-6-15(17)24(22(29)31)16(14-27)21(28)32-19-13-23(8-4-10-25,9-5-11-26)12-18(30)20(19)24/h2-3,6-7H,4-5,8-13,28H2,1H3. The van der Waals surface area contributed by atoms with Gasteiger partial charge in [-0.05, 0) is 37.2 Å². The number of nitrogens with two attached hydrogens (primary N) is 1. The molecular formula is C24H25Br2N3O3. The van der Waals surface area contributed by atoms with Crippen LogP contribution in [0.2, 0.25) is 0 Å². The number of alkyl halides is 2. The van der Waals surface area contributed by atoms with E-state index in [1.54, 1.807) is 7.05 Å². The van der Waals surface area contributed by atoms with Gasteiger partial charge in [0.05, 0.1) is 5.57 Å². The maximum Gasteiger partial charge on any atom is 0.247 e. The second-order valence-electron chi connectivity index (χ2n) is 8.74. The minimum absolute atomic E-state index is 0.000170. The Morgan fingerprint density at radius 1 is 1.16 bits per heavy atom.